The molecule has 6 nitrogen and oxygen atoms in total. The molecule has 23 heavy (non-hydrogen) atoms. The van der Waals surface area contributed by atoms with Crippen LogP contribution in [0.4, 0.5) is 5.69 Å². The summed E-state index contributed by atoms with van der Waals surface area (Å²) >= 11 is 0. The lowest BCUT2D eigenvalue weighted by atomic mass is 10.1. The molecule has 1 amide bonds. The van der Waals surface area contributed by atoms with Gasteiger partial charge in [0.2, 0.25) is 12.2 Å². The van der Waals surface area contributed by atoms with E-state index in [0.717, 1.165) is 16.8 Å². The summed E-state index contributed by atoms with van der Waals surface area (Å²) in [6, 6.07) is 17.1. The Morgan fingerprint density at radius 1 is 1.09 bits per heavy atom. The molecular formula is C17H12N4O2. The minimum absolute atomic E-state index is 0.539. The highest BCUT2D eigenvalue weighted by atomic mass is 16.5. The van der Waals surface area contributed by atoms with Crippen LogP contribution in [0.2, 0.25) is 0 Å². The van der Waals surface area contributed by atoms with Crippen molar-refractivity contribution in [2.75, 3.05) is 5.32 Å². The van der Waals surface area contributed by atoms with Crippen molar-refractivity contribution in [1.82, 2.24) is 15.1 Å². The predicted molar refractivity (Wildman–Crippen MR) is 86.7 cm³/mol. The monoisotopic (exact) mass is 304 g/mol. The molecule has 0 aliphatic carbocycles. The molecule has 0 fully saturated rings. The summed E-state index contributed by atoms with van der Waals surface area (Å²) in [5.41, 5.74) is 3.84. The molecule has 0 atom stereocenters. The van der Waals surface area contributed by atoms with E-state index in [4.69, 9.17) is 4.52 Å². The largest absolute Gasteiger partial charge is 0.352 e. The van der Waals surface area contributed by atoms with Crippen LogP contribution in [0.1, 0.15) is 0 Å². The van der Waals surface area contributed by atoms with Gasteiger partial charge in [0.25, 0.3) is 0 Å². The van der Waals surface area contributed by atoms with Crippen LogP contribution >= 0.6 is 0 Å². The van der Waals surface area contributed by atoms with E-state index >= 15 is 0 Å². The Morgan fingerprint density at radius 3 is 2.78 bits per heavy atom. The van der Waals surface area contributed by atoms with Crippen molar-refractivity contribution in [2.24, 2.45) is 0 Å². The van der Waals surface area contributed by atoms with Gasteiger partial charge in [0.15, 0.2) is 5.82 Å². The van der Waals surface area contributed by atoms with Gasteiger partial charge in [0.1, 0.15) is 11.2 Å². The minimum atomic E-state index is 0.539. The number of amides is 1. The molecule has 4 rings (SSSR count). The highest BCUT2D eigenvalue weighted by Gasteiger charge is 2.14. The lowest BCUT2D eigenvalue weighted by Crippen LogP contribution is -1.93. The number of para-hydroxylation sites is 1. The molecule has 4 aromatic rings. The second-order valence-electron chi connectivity index (χ2n) is 4.99. The van der Waals surface area contributed by atoms with Crippen LogP contribution in [-0.4, -0.2) is 21.5 Å². The first-order chi connectivity index (χ1) is 11.3. The van der Waals surface area contributed by atoms with Crippen LogP contribution in [0, 0.1) is 0 Å². The Morgan fingerprint density at radius 2 is 1.96 bits per heavy atom. The fourth-order valence-electron chi connectivity index (χ4n) is 2.46. The summed E-state index contributed by atoms with van der Waals surface area (Å²) < 4.78 is 5.40. The van der Waals surface area contributed by atoms with Crippen LogP contribution in [0.25, 0.3) is 33.9 Å². The zero-order chi connectivity index (χ0) is 15.6. The average Bonchev–Trinajstić information content (AvgIpc) is 3.23. The molecule has 2 N–H and O–H groups in total. The molecule has 0 radical (unpaired) electrons. The number of H-pyrrole nitrogens is 1. The molecule has 0 aliphatic rings. The van der Waals surface area contributed by atoms with Crippen molar-refractivity contribution < 1.29 is 9.32 Å². The van der Waals surface area contributed by atoms with Gasteiger partial charge in [-0.3, -0.25) is 4.79 Å². The van der Waals surface area contributed by atoms with Gasteiger partial charge in [-0.1, -0.05) is 41.6 Å². The Hall–Kier alpha value is -3.41. The molecule has 0 unspecified atom stereocenters. The smallest absolute Gasteiger partial charge is 0.211 e. The highest BCUT2D eigenvalue weighted by molar-refractivity contribution is 5.94. The van der Waals surface area contributed by atoms with Crippen molar-refractivity contribution in [3.8, 4) is 22.8 Å². The van der Waals surface area contributed by atoms with Gasteiger partial charge in [-0.2, -0.15) is 0 Å². The van der Waals surface area contributed by atoms with E-state index in [-0.39, 0.29) is 0 Å². The zero-order valence-corrected chi connectivity index (χ0v) is 12.0. The number of rotatable bonds is 4. The zero-order valence-electron chi connectivity index (χ0n) is 12.0. The molecule has 2 aromatic carbocycles. The summed E-state index contributed by atoms with van der Waals surface area (Å²) in [4.78, 5) is 18.3. The van der Waals surface area contributed by atoms with Crippen molar-refractivity contribution in [3.05, 3.63) is 54.6 Å². The highest BCUT2D eigenvalue weighted by Crippen LogP contribution is 2.28. The fraction of sp³-hybridized carbons (Fsp3) is 0. The maximum absolute atomic E-state index is 10.7. The van der Waals surface area contributed by atoms with E-state index in [9.17, 15) is 4.79 Å². The summed E-state index contributed by atoms with van der Waals surface area (Å²) in [7, 11) is 0. The lowest BCUT2D eigenvalue weighted by molar-refractivity contribution is -0.105. The number of fused-ring (bicyclic) bond motifs is 1. The van der Waals surface area contributed by atoms with Gasteiger partial charge >= 0.3 is 0 Å². The van der Waals surface area contributed by atoms with Gasteiger partial charge in [-0.05, 0) is 12.1 Å². The first kappa shape index (κ1) is 13.3. The van der Waals surface area contributed by atoms with Crippen LogP contribution in [0.3, 0.4) is 0 Å². The average molecular weight is 304 g/mol. The number of nitrogens with one attached hydrogen (secondary N) is 2. The standard InChI is InChI=1S/C17H12N4O2/c22-10-18-12-7-4-8-13-16(12)20-17(19-13)15-9-14(21-23-15)11-5-2-1-3-6-11/h1-10H,(H,18,22)(H,19,20). The van der Waals surface area contributed by atoms with E-state index in [0.29, 0.717) is 29.2 Å². The first-order valence-corrected chi connectivity index (χ1v) is 7.06. The molecule has 0 bridgehead atoms. The SMILES string of the molecule is O=CNc1cccc2[nH]c(-c3cc(-c4ccccc4)no3)nc12. The third-order valence-electron chi connectivity index (χ3n) is 3.54. The number of hydrogen-bond acceptors (Lipinski definition) is 4. The molecule has 0 saturated carbocycles. The fourth-order valence-corrected chi connectivity index (χ4v) is 2.46. The quantitative estimate of drug-likeness (QED) is 0.566. The van der Waals surface area contributed by atoms with Crippen molar-refractivity contribution in [2.45, 2.75) is 0 Å². The Balaban J connectivity index is 1.76. The maximum atomic E-state index is 10.7. The number of imidazole rings is 1. The van der Waals surface area contributed by atoms with E-state index in [1.165, 1.54) is 0 Å². The van der Waals surface area contributed by atoms with Gasteiger partial charge in [-0.25, -0.2) is 4.98 Å². The number of carbonyl (C=O) groups is 1. The number of nitrogens with zero attached hydrogens (tertiary/aromatic N) is 2. The molecule has 2 aromatic heterocycles. The predicted octanol–water partition coefficient (Wildman–Crippen LogP) is 3.45. The summed E-state index contributed by atoms with van der Waals surface area (Å²) in [5.74, 6) is 1.10. The summed E-state index contributed by atoms with van der Waals surface area (Å²) in [6.45, 7) is 0. The second-order valence-corrected chi connectivity index (χ2v) is 4.99. The molecule has 0 saturated heterocycles. The second kappa shape index (κ2) is 5.42. The van der Waals surface area contributed by atoms with Crippen LogP contribution in [0.15, 0.2) is 59.1 Å². The molecule has 0 aliphatic heterocycles. The van der Waals surface area contributed by atoms with E-state index < -0.39 is 0 Å². The van der Waals surface area contributed by atoms with Gasteiger partial charge in [-0.15, -0.1) is 0 Å². The van der Waals surface area contributed by atoms with Crippen LogP contribution < -0.4 is 5.32 Å². The molecular weight excluding hydrogens is 292 g/mol. The van der Waals surface area contributed by atoms with Gasteiger partial charge < -0.3 is 14.8 Å². The topological polar surface area (TPSA) is 83.8 Å². The molecule has 112 valence electrons. The minimum Gasteiger partial charge on any atom is -0.352 e. The third kappa shape index (κ3) is 2.36. The van der Waals surface area contributed by atoms with E-state index in [1.807, 2.05) is 48.5 Å². The Bertz CT molecular complexity index is 973. The van der Waals surface area contributed by atoms with Crippen molar-refractivity contribution >= 4 is 23.1 Å². The Labute approximate surface area is 131 Å². The van der Waals surface area contributed by atoms with Crippen LogP contribution in [-0.2, 0) is 4.79 Å². The molecule has 6 heteroatoms. The van der Waals surface area contributed by atoms with Gasteiger partial charge in [0.05, 0.1) is 11.2 Å². The maximum Gasteiger partial charge on any atom is 0.211 e. The van der Waals surface area contributed by atoms with E-state index in [2.05, 4.69) is 20.4 Å². The van der Waals surface area contributed by atoms with Gasteiger partial charge in [0, 0.05) is 11.6 Å². The number of benzene rings is 2. The van der Waals surface area contributed by atoms with Crippen LogP contribution in [0.5, 0.6) is 0 Å². The number of hydrogen-bond donors (Lipinski definition) is 2. The normalized spacial score (nSPS) is 10.8. The molecule has 0 spiro atoms. The lowest BCUT2D eigenvalue weighted by Gasteiger charge is -1.97. The van der Waals surface area contributed by atoms with Crippen molar-refractivity contribution in [1.29, 1.82) is 0 Å². The molecule has 2 heterocycles. The van der Waals surface area contributed by atoms with E-state index in [1.54, 1.807) is 6.07 Å². The third-order valence-corrected chi connectivity index (χ3v) is 3.54. The Kier molecular flexibility index (Phi) is 3.12. The summed E-state index contributed by atoms with van der Waals surface area (Å²) in [6.07, 6.45) is 0.630. The van der Waals surface area contributed by atoms with Crippen molar-refractivity contribution in [3.63, 3.8) is 0 Å². The first-order valence-electron chi connectivity index (χ1n) is 7.06. The number of aromatic amines is 1. The summed E-state index contributed by atoms with van der Waals surface area (Å²) in [5, 5.41) is 6.72. The number of anilines is 1. The number of aromatic nitrogens is 3. The number of carbonyl (C=O) groups excluding carboxylic acids is 1.